The Morgan fingerprint density at radius 3 is 2.67 bits per heavy atom. The first-order valence-corrected chi connectivity index (χ1v) is 7.64. The molecule has 1 amide bonds. The van der Waals surface area contributed by atoms with Crippen molar-refractivity contribution in [2.75, 3.05) is 23.8 Å². The molecule has 5 nitrogen and oxygen atoms in total. The highest BCUT2D eigenvalue weighted by Crippen LogP contribution is 2.19. The van der Waals surface area contributed by atoms with Gasteiger partial charge in [0, 0.05) is 11.4 Å². The fourth-order valence-electron chi connectivity index (χ4n) is 1.98. The van der Waals surface area contributed by atoms with Crippen molar-refractivity contribution in [3.8, 4) is 0 Å². The topological polar surface area (TPSA) is 67.4 Å². The van der Waals surface area contributed by atoms with Crippen molar-refractivity contribution in [3.63, 3.8) is 0 Å². The molecule has 0 saturated carbocycles. The van der Waals surface area contributed by atoms with E-state index in [0.717, 1.165) is 0 Å². The fraction of sp³-hybridized carbons (Fsp3) is 0.176. The maximum absolute atomic E-state index is 13.1. The van der Waals surface area contributed by atoms with Crippen LogP contribution in [0.4, 0.5) is 15.8 Å². The number of carbonyl (C=O) groups is 2. The zero-order chi connectivity index (χ0) is 17.5. The number of benzene rings is 2. The monoisotopic (exact) mass is 350 g/mol. The first kappa shape index (κ1) is 17.7. The van der Waals surface area contributed by atoms with Crippen LogP contribution in [0, 0.1) is 5.82 Å². The number of ether oxygens (including phenoxy) is 1. The molecular formula is C17H16ClFN2O3. The van der Waals surface area contributed by atoms with Crippen LogP contribution in [0.2, 0.25) is 5.02 Å². The van der Waals surface area contributed by atoms with Gasteiger partial charge in [-0.1, -0.05) is 23.7 Å². The maximum Gasteiger partial charge on any atom is 0.340 e. The Hall–Kier alpha value is -2.60. The molecule has 0 atom stereocenters. The van der Waals surface area contributed by atoms with Gasteiger partial charge in [0.25, 0.3) is 0 Å². The summed E-state index contributed by atoms with van der Waals surface area (Å²) in [6, 6.07) is 10.6. The Morgan fingerprint density at radius 2 is 1.96 bits per heavy atom. The van der Waals surface area contributed by atoms with E-state index in [1.165, 1.54) is 18.2 Å². The number of para-hydroxylation sites is 1. The number of anilines is 2. The predicted octanol–water partition coefficient (Wildman–Crippen LogP) is 3.71. The van der Waals surface area contributed by atoms with Crippen molar-refractivity contribution in [3.05, 3.63) is 58.9 Å². The predicted molar refractivity (Wildman–Crippen MR) is 90.9 cm³/mol. The van der Waals surface area contributed by atoms with Crippen molar-refractivity contribution in [2.45, 2.75) is 6.92 Å². The quantitative estimate of drug-likeness (QED) is 0.779. The molecule has 0 spiro atoms. The SMILES string of the molecule is CCOC(=O)c1ccccc1NCC(=O)Nc1ccc(F)c(Cl)c1. The van der Waals surface area contributed by atoms with Gasteiger partial charge in [0.05, 0.1) is 23.7 Å². The second-order valence-electron chi connectivity index (χ2n) is 4.80. The van der Waals surface area contributed by atoms with Crippen LogP contribution < -0.4 is 10.6 Å². The number of hydrogen-bond donors (Lipinski definition) is 2. The third-order valence-corrected chi connectivity index (χ3v) is 3.35. The lowest BCUT2D eigenvalue weighted by Gasteiger charge is -2.11. The van der Waals surface area contributed by atoms with Crippen LogP contribution in [0.25, 0.3) is 0 Å². The highest BCUT2D eigenvalue weighted by Gasteiger charge is 2.12. The van der Waals surface area contributed by atoms with E-state index in [1.54, 1.807) is 31.2 Å². The minimum atomic E-state index is -0.559. The zero-order valence-corrected chi connectivity index (χ0v) is 13.7. The van der Waals surface area contributed by atoms with E-state index in [9.17, 15) is 14.0 Å². The fourth-order valence-corrected chi connectivity index (χ4v) is 2.16. The van der Waals surface area contributed by atoms with Gasteiger partial charge in [-0.15, -0.1) is 0 Å². The van der Waals surface area contributed by atoms with Gasteiger partial charge in [-0.25, -0.2) is 9.18 Å². The molecule has 0 bridgehead atoms. The molecule has 0 aliphatic heterocycles. The third kappa shape index (κ3) is 4.70. The highest BCUT2D eigenvalue weighted by molar-refractivity contribution is 6.31. The molecule has 0 aromatic heterocycles. The Kier molecular flexibility index (Phi) is 6.14. The molecule has 24 heavy (non-hydrogen) atoms. The molecule has 0 unspecified atom stereocenters. The van der Waals surface area contributed by atoms with E-state index in [0.29, 0.717) is 16.9 Å². The van der Waals surface area contributed by atoms with Crippen molar-refractivity contribution in [1.82, 2.24) is 0 Å². The Labute approximate surface area is 143 Å². The Bertz CT molecular complexity index is 752. The number of carbonyl (C=O) groups excluding carboxylic acids is 2. The average Bonchev–Trinajstić information content (AvgIpc) is 2.57. The van der Waals surface area contributed by atoms with E-state index in [-0.39, 0.29) is 24.1 Å². The Balaban J connectivity index is 1.99. The van der Waals surface area contributed by atoms with Gasteiger partial charge in [0.15, 0.2) is 0 Å². The molecule has 2 aromatic rings. The van der Waals surface area contributed by atoms with E-state index >= 15 is 0 Å². The average molecular weight is 351 g/mol. The van der Waals surface area contributed by atoms with Crippen molar-refractivity contribution < 1.29 is 18.7 Å². The summed E-state index contributed by atoms with van der Waals surface area (Å²) in [5.41, 5.74) is 1.21. The van der Waals surface area contributed by atoms with Crippen molar-refractivity contribution >= 4 is 34.9 Å². The summed E-state index contributed by atoms with van der Waals surface area (Å²) in [5.74, 6) is -1.39. The van der Waals surface area contributed by atoms with Gasteiger partial charge in [-0.3, -0.25) is 4.79 Å². The van der Waals surface area contributed by atoms with Crippen LogP contribution in [-0.4, -0.2) is 25.0 Å². The van der Waals surface area contributed by atoms with Crippen molar-refractivity contribution in [1.29, 1.82) is 0 Å². The molecule has 2 N–H and O–H groups in total. The minimum Gasteiger partial charge on any atom is -0.462 e. The molecule has 126 valence electrons. The summed E-state index contributed by atoms with van der Waals surface area (Å²) in [5, 5.41) is 5.39. The summed E-state index contributed by atoms with van der Waals surface area (Å²) in [6.07, 6.45) is 0. The van der Waals surface area contributed by atoms with Gasteiger partial charge >= 0.3 is 5.97 Å². The van der Waals surface area contributed by atoms with Crippen LogP contribution in [0.3, 0.4) is 0 Å². The minimum absolute atomic E-state index is 0.0755. The molecule has 7 heteroatoms. The second kappa shape index (κ2) is 8.31. The van der Waals surface area contributed by atoms with Gasteiger partial charge in [-0.2, -0.15) is 0 Å². The van der Waals surface area contributed by atoms with E-state index in [4.69, 9.17) is 16.3 Å². The number of rotatable bonds is 6. The third-order valence-electron chi connectivity index (χ3n) is 3.07. The Morgan fingerprint density at radius 1 is 1.21 bits per heavy atom. The smallest absolute Gasteiger partial charge is 0.340 e. The molecule has 2 aromatic carbocycles. The summed E-state index contributed by atoms with van der Waals surface area (Å²) in [4.78, 5) is 23.8. The number of hydrogen-bond acceptors (Lipinski definition) is 4. The lowest BCUT2D eigenvalue weighted by molar-refractivity contribution is -0.114. The van der Waals surface area contributed by atoms with E-state index in [2.05, 4.69) is 10.6 Å². The van der Waals surface area contributed by atoms with Crippen LogP contribution in [0.15, 0.2) is 42.5 Å². The number of amides is 1. The maximum atomic E-state index is 13.1. The molecule has 0 fully saturated rings. The standard InChI is InChI=1S/C17H16ClFN2O3/c1-2-24-17(23)12-5-3-4-6-15(12)20-10-16(22)21-11-7-8-14(19)13(18)9-11/h3-9,20H,2,10H2,1H3,(H,21,22). The van der Waals surface area contributed by atoms with Crippen molar-refractivity contribution in [2.24, 2.45) is 0 Å². The van der Waals surface area contributed by atoms with Gasteiger partial charge in [0.2, 0.25) is 5.91 Å². The van der Waals surface area contributed by atoms with Gasteiger partial charge in [0.1, 0.15) is 5.82 Å². The first-order valence-electron chi connectivity index (χ1n) is 7.26. The lowest BCUT2D eigenvalue weighted by atomic mass is 10.2. The largest absolute Gasteiger partial charge is 0.462 e. The molecule has 2 rings (SSSR count). The molecule has 0 saturated heterocycles. The number of esters is 1. The zero-order valence-electron chi connectivity index (χ0n) is 12.9. The van der Waals surface area contributed by atoms with Gasteiger partial charge in [-0.05, 0) is 37.3 Å². The molecule has 0 heterocycles. The lowest BCUT2D eigenvalue weighted by Crippen LogP contribution is -2.22. The first-order chi connectivity index (χ1) is 11.5. The summed E-state index contributed by atoms with van der Waals surface area (Å²) < 4.78 is 18.1. The van der Waals surface area contributed by atoms with E-state index < -0.39 is 11.8 Å². The summed E-state index contributed by atoms with van der Waals surface area (Å²) in [6.45, 7) is 1.90. The van der Waals surface area contributed by atoms with Crippen LogP contribution in [0.5, 0.6) is 0 Å². The van der Waals surface area contributed by atoms with Crippen LogP contribution >= 0.6 is 11.6 Å². The second-order valence-corrected chi connectivity index (χ2v) is 5.20. The summed E-state index contributed by atoms with van der Waals surface area (Å²) >= 11 is 5.66. The van der Waals surface area contributed by atoms with E-state index in [1.807, 2.05) is 0 Å². The molecule has 0 aliphatic carbocycles. The molecular weight excluding hydrogens is 335 g/mol. The van der Waals surface area contributed by atoms with Gasteiger partial charge < -0.3 is 15.4 Å². The molecule has 0 aliphatic rings. The normalized spacial score (nSPS) is 10.1. The summed E-state index contributed by atoms with van der Waals surface area (Å²) in [7, 11) is 0. The highest BCUT2D eigenvalue weighted by atomic mass is 35.5. The number of nitrogens with one attached hydrogen (secondary N) is 2. The molecule has 0 radical (unpaired) electrons. The number of halogens is 2. The van der Waals surface area contributed by atoms with Crippen LogP contribution in [0.1, 0.15) is 17.3 Å². The van der Waals surface area contributed by atoms with Crippen LogP contribution in [-0.2, 0) is 9.53 Å².